The molecule has 1 heterocycles. The number of rotatable bonds is 3. The summed E-state index contributed by atoms with van der Waals surface area (Å²) in [5, 5.41) is 9.82. The fourth-order valence-corrected chi connectivity index (χ4v) is 2.15. The van der Waals surface area contributed by atoms with Gasteiger partial charge in [0.25, 0.3) is 0 Å². The van der Waals surface area contributed by atoms with Crippen LogP contribution in [0.4, 0.5) is 0 Å². The molecule has 0 amide bonds. The van der Waals surface area contributed by atoms with E-state index in [0.29, 0.717) is 5.75 Å². The molecule has 3 nitrogen and oxygen atoms in total. The molecule has 17 heavy (non-hydrogen) atoms. The van der Waals surface area contributed by atoms with E-state index in [1.807, 2.05) is 19.1 Å². The summed E-state index contributed by atoms with van der Waals surface area (Å²) >= 11 is 0. The molecular formula is C14H19NO2. The molecule has 1 aromatic rings. The van der Waals surface area contributed by atoms with Crippen LogP contribution in [0.15, 0.2) is 18.7 Å². The molecule has 0 saturated carbocycles. The molecule has 0 aromatic heterocycles. The molecule has 1 N–H and O–H groups in total. The van der Waals surface area contributed by atoms with Gasteiger partial charge in [0.05, 0.1) is 13.2 Å². The zero-order valence-corrected chi connectivity index (χ0v) is 10.3. The number of morpholine rings is 1. The summed E-state index contributed by atoms with van der Waals surface area (Å²) in [6, 6.07) is 4.04. The van der Waals surface area contributed by atoms with Gasteiger partial charge < -0.3 is 9.84 Å². The molecule has 0 spiro atoms. The Hall–Kier alpha value is -1.32. The van der Waals surface area contributed by atoms with E-state index in [9.17, 15) is 5.11 Å². The van der Waals surface area contributed by atoms with Gasteiger partial charge in [0, 0.05) is 25.2 Å². The second-order valence-electron chi connectivity index (χ2n) is 4.44. The van der Waals surface area contributed by atoms with Crippen molar-refractivity contribution in [2.75, 3.05) is 26.3 Å². The van der Waals surface area contributed by atoms with Crippen molar-refractivity contribution in [2.24, 2.45) is 0 Å². The largest absolute Gasteiger partial charge is 0.507 e. The zero-order valence-electron chi connectivity index (χ0n) is 10.3. The van der Waals surface area contributed by atoms with Crippen LogP contribution in [-0.4, -0.2) is 36.3 Å². The lowest BCUT2D eigenvalue weighted by Gasteiger charge is -2.26. The highest BCUT2D eigenvalue weighted by atomic mass is 16.5. The highest BCUT2D eigenvalue weighted by molar-refractivity contribution is 5.59. The van der Waals surface area contributed by atoms with Crippen LogP contribution in [0.5, 0.6) is 5.75 Å². The van der Waals surface area contributed by atoms with Gasteiger partial charge in [-0.2, -0.15) is 0 Å². The number of phenolic OH excluding ortho intramolecular Hbond substituents is 1. The van der Waals surface area contributed by atoms with Gasteiger partial charge >= 0.3 is 0 Å². The normalized spacial score (nSPS) is 17.0. The highest BCUT2D eigenvalue weighted by Gasteiger charge is 2.12. The molecule has 1 fully saturated rings. The molecule has 0 aliphatic carbocycles. The lowest BCUT2D eigenvalue weighted by molar-refractivity contribution is 0.0342. The average Bonchev–Trinajstić information content (AvgIpc) is 2.35. The van der Waals surface area contributed by atoms with Crippen LogP contribution in [0.3, 0.4) is 0 Å². The Bertz CT molecular complexity index is 409. The Morgan fingerprint density at radius 1 is 1.41 bits per heavy atom. The third-order valence-corrected chi connectivity index (χ3v) is 3.12. The van der Waals surface area contributed by atoms with Crippen molar-refractivity contribution in [1.82, 2.24) is 4.90 Å². The summed E-state index contributed by atoms with van der Waals surface area (Å²) in [5.41, 5.74) is 2.94. The van der Waals surface area contributed by atoms with E-state index in [1.165, 1.54) is 5.56 Å². The van der Waals surface area contributed by atoms with Gasteiger partial charge in [-0.05, 0) is 24.1 Å². The third kappa shape index (κ3) is 2.87. The van der Waals surface area contributed by atoms with Crippen LogP contribution in [0.25, 0.3) is 6.08 Å². The number of benzene rings is 1. The first-order chi connectivity index (χ1) is 8.20. The maximum atomic E-state index is 9.82. The van der Waals surface area contributed by atoms with Gasteiger partial charge in [0.1, 0.15) is 5.75 Å². The first-order valence-corrected chi connectivity index (χ1v) is 5.95. The van der Waals surface area contributed by atoms with E-state index in [-0.39, 0.29) is 0 Å². The van der Waals surface area contributed by atoms with E-state index in [0.717, 1.165) is 44.0 Å². The Morgan fingerprint density at radius 3 is 2.76 bits per heavy atom. The molecule has 1 aliphatic rings. The van der Waals surface area contributed by atoms with Crippen molar-refractivity contribution in [3.05, 3.63) is 35.4 Å². The standard InChI is InChI=1S/C14H19NO2/c1-3-13-9-12(8-11(2)14(13)16)10-15-4-6-17-7-5-15/h3,8-9,16H,1,4-7,10H2,2H3. The first kappa shape index (κ1) is 12.1. The van der Waals surface area contributed by atoms with Crippen molar-refractivity contribution < 1.29 is 9.84 Å². The van der Waals surface area contributed by atoms with Gasteiger partial charge in [-0.3, -0.25) is 4.90 Å². The van der Waals surface area contributed by atoms with Crippen LogP contribution in [0.1, 0.15) is 16.7 Å². The van der Waals surface area contributed by atoms with Crippen LogP contribution in [0.2, 0.25) is 0 Å². The second-order valence-corrected chi connectivity index (χ2v) is 4.44. The molecule has 2 rings (SSSR count). The predicted octanol–water partition coefficient (Wildman–Crippen LogP) is 2.18. The van der Waals surface area contributed by atoms with Gasteiger partial charge in [-0.25, -0.2) is 0 Å². The summed E-state index contributed by atoms with van der Waals surface area (Å²) in [6.07, 6.45) is 1.70. The van der Waals surface area contributed by atoms with Crippen LogP contribution in [0, 0.1) is 6.92 Å². The van der Waals surface area contributed by atoms with Crippen molar-refractivity contribution in [1.29, 1.82) is 0 Å². The van der Waals surface area contributed by atoms with Crippen LogP contribution >= 0.6 is 0 Å². The number of nitrogens with zero attached hydrogens (tertiary/aromatic N) is 1. The maximum absolute atomic E-state index is 9.82. The Morgan fingerprint density at radius 2 is 2.12 bits per heavy atom. The minimum Gasteiger partial charge on any atom is -0.507 e. The van der Waals surface area contributed by atoms with Gasteiger partial charge in [0.2, 0.25) is 0 Å². The topological polar surface area (TPSA) is 32.7 Å². The third-order valence-electron chi connectivity index (χ3n) is 3.12. The average molecular weight is 233 g/mol. The Labute approximate surface area is 102 Å². The maximum Gasteiger partial charge on any atom is 0.125 e. The molecule has 3 heteroatoms. The van der Waals surface area contributed by atoms with Gasteiger partial charge in [-0.15, -0.1) is 0 Å². The predicted molar refractivity (Wildman–Crippen MR) is 69.0 cm³/mol. The monoisotopic (exact) mass is 233 g/mol. The number of phenols is 1. The quantitative estimate of drug-likeness (QED) is 0.868. The summed E-state index contributed by atoms with van der Waals surface area (Å²) < 4.78 is 5.33. The summed E-state index contributed by atoms with van der Waals surface area (Å²) in [7, 11) is 0. The van der Waals surface area contributed by atoms with E-state index in [2.05, 4.69) is 11.5 Å². The minimum absolute atomic E-state index is 0.339. The van der Waals surface area contributed by atoms with Crippen molar-refractivity contribution >= 4 is 6.08 Å². The van der Waals surface area contributed by atoms with Gasteiger partial charge in [-0.1, -0.05) is 18.7 Å². The smallest absolute Gasteiger partial charge is 0.125 e. The number of ether oxygens (including phenoxy) is 1. The molecule has 0 unspecified atom stereocenters. The van der Waals surface area contributed by atoms with Gasteiger partial charge in [0.15, 0.2) is 0 Å². The summed E-state index contributed by atoms with van der Waals surface area (Å²) in [4.78, 5) is 2.36. The Balaban J connectivity index is 2.15. The first-order valence-electron chi connectivity index (χ1n) is 5.95. The van der Waals surface area contributed by atoms with E-state index >= 15 is 0 Å². The second kappa shape index (κ2) is 5.34. The van der Waals surface area contributed by atoms with Crippen LogP contribution < -0.4 is 0 Å². The fraction of sp³-hybridized carbons (Fsp3) is 0.429. The zero-order chi connectivity index (χ0) is 12.3. The lowest BCUT2D eigenvalue weighted by Crippen LogP contribution is -2.35. The fourth-order valence-electron chi connectivity index (χ4n) is 2.15. The number of aryl methyl sites for hydroxylation is 1. The van der Waals surface area contributed by atoms with E-state index in [4.69, 9.17) is 4.74 Å². The molecule has 1 aliphatic heterocycles. The lowest BCUT2D eigenvalue weighted by atomic mass is 10.0. The minimum atomic E-state index is 0.339. The van der Waals surface area contributed by atoms with E-state index in [1.54, 1.807) is 6.08 Å². The molecule has 1 aromatic carbocycles. The number of hydrogen-bond acceptors (Lipinski definition) is 3. The number of aromatic hydroxyl groups is 1. The number of hydrogen-bond donors (Lipinski definition) is 1. The molecular weight excluding hydrogens is 214 g/mol. The van der Waals surface area contributed by atoms with Crippen molar-refractivity contribution in [3.8, 4) is 5.75 Å². The van der Waals surface area contributed by atoms with Crippen molar-refractivity contribution in [3.63, 3.8) is 0 Å². The molecule has 0 atom stereocenters. The molecule has 1 saturated heterocycles. The summed E-state index contributed by atoms with van der Waals surface area (Å²) in [6.45, 7) is 10.1. The van der Waals surface area contributed by atoms with E-state index < -0.39 is 0 Å². The molecule has 92 valence electrons. The summed E-state index contributed by atoms with van der Waals surface area (Å²) in [5.74, 6) is 0.339. The molecule has 0 radical (unpaired) electrons. The van der Waals surface area contributed by atoms with Crippen molar-refractivity contribution in [2.45, 2.75) is 13.5 Å². The Kier molecular flexibility index (Phi) is 3.82. The van der Waals surface area contributed by atoms with Crippen LogP contribution in [-0.2, 0) is 11.3 Å². The SMILES string of the molecule is C=Cc1cc(CN2CCOCC2)cc(C)c1O. The molecule has 0 bridgehead atoms. The highest BCUT2D eigenvalue weighted by Crippen LogP contribution is 2.25.